The van der Waals surface area contributed by atoms with Gasteiger partial charge in [-0.05, 0) is 87.2 Å². The summed E-state index contributed by atoms with van der Waals surface area (Å²) < 4.78 is 74.7. The second-order valence-corrected chi connectivity index (χ2v) is 21.5. The van der Waals surface area contributed by atoms with Crippen molar-refractivity contribution in [2.24, 2.45) is 20.5 Å². The smallest absolute Gasteiger partial charge is 0.305 e. The molecule has 0 amide bonds. The molecule has 0 saturated carbocycles. The van der Waals surface area contributed by atoms with Gasteiger partial charge in [0.15, 0.2) is 23.6 Å². The van der Waals surface area contributed by atoms with Crippen LogP contribution >= 0.6 is 80.7 Å². The van der Waals surface area contributed by atoms with E-state index in [0.29, 0.717) is 48.9 Å². The minimum absolute atomic E-state index is 0.0989. The van der Waals surface area contributed by atoms with Crippen molar-refractivity contribution in [3.63, 3.8) is 0 Å². The largest absolute Gasteiger partial charge is 0.396 e. The molecule has 0 saturated heterocycles. The van der Waals surface area contributed by atoms with Crippen LogP contribution in [-0.2, 0) is 20.2 Å². The molecule has 0 spiro atoms. The number of anilines is 6. The van der Waals surface area contributed by atoms with Crippen LogP contribution in [0.1, 0.15) is 27.7 Å². The highest BCUT2D eigenvalue weighted by molar-refractivity contribution is 7.99. The first-order valence-electron chi connectivity index (χ1n) is 18.8. The van der Waals surface area contributed by atoms with Crippen LogP contribution in [0.4, 0.5) is 56.0 Å². The number of rotatable bonds is 19. The van der Waals surface area contributed by atoms with Gasteiger partial charge in [0.2, 0.25) is 11.9 Å². The molecule has 5 aromatic heterocycles. The average molecular weight is 1050 g/mol. The highest BCUT2D eigenvalue weighted by Crippen LogP contribution is 2.47. The number of thioether (sulfide) groups is 1. The molecule has 5 N–H and O–H groups in total. The fourth-order valence-electron chi connectivity index (χ4n) is 6.09. The maximum atomic E-state index is 11.9. The Labute approximate surface area is 396 Å². The van der Waals surface area contributed by atoms with Gasteiger partial charge in [0.1, 0.15) is 21.0 Å². The van der Waals surface area contributed by atoms with E-state index in [1.807, 2.05) is 52.0 Å². The molecule has 0 atom stereocenters. The molecule has 7 rings (SSSR count). The van der Waals surface area contributed by atoms with Gasteiger partial charge in [0.05, 0.1) is 38.8 Å². The Morgan fingerprint density at radius 2 is 1.09 bits per heavy atom. The highest BCUT2D eigenvalue weighted by Gasteiger charge is 2.27. The monoisotopic (exact) mass is 1040 g/mol. The molecule has 338 valence electrons. The molecular weight excluding hydrogens is 1010 g/mol. The number of hydrogen-bond acceptors (Lipinski definition) is 23. The van der Waals surface area contributed by atoms with Crippen molar-refractivity contribution >= 4 is 177 Å². The second-order valence-electron chi connectivity index (χ2n) is 12.9. The van der Waals surface area contributed by atoms with E-state index in [1.165, 1.54) is 11.8 Å². The predicted octanol–water partition coefficient (Wildman–Crippen LogP) is 11.1. The molecule has 2 aromatic carbocycles. The number of nitrogens with one attached hydrogen (secondary N) is 2. The van der Waals surface area contributed by atoms with Crippen LogP contribution in [0.15, 0.2) is 70.4 Å². The molecule has 0 bridgehead atoms. The molecule has 29 heteroatoms. The standard InChI is InChI=1S/C35H35Cl2N13O7S7/c1-5-49(6-2)17-9-11-19(43-45-27-23-25(36)31(63(52,53)54)59-29(23)47-61-27)21(15-17)38-33-40-34(42-35(41-33)58-14-13-51)39-22-16-18(50(7-3)8-4)10-12-20(22)44-46-28-24-26(37)32(64(55,56)57)60-30(24)48-62-28/h9-12,15-16,51H,5-8,13-14H2,1-4H3,(H,52,53,54)(H,55,56,57)(H2,38,39,40,41,42)/b45-43+,46-44+. The zero-order valence-electron chi connectivity index (χ0n) is 33.7. The minimum atomic E-state index is -4.59. The van der Waals surface area contributed by atoms with E-state index in [2.05, 4.69) is 59.6 Å². The van der Waals surface area contributed by atoms with Crippen molar-refractivity contribution in [2.75, 3.05) is 59.0 Å². The zero-order valence-corrected chi connectivity index (χ0v) is 40.9. The van der Waals surface area contributed by atoms with Crippen LogP contribution in [-0.4, -0.2) is 93.3 Å². The number of benzene rings is 2. The average Bonchev–Trinajstić information content (AvgIpc) is 4.02. The van der Waals surface area contributed by atoms with E-state index in [4.69, 9.17) is 28.2 Å². The van der Waals surface area contributed by atoms with E-state index in [0.717, 1.165) is 57.1 Å². The van der Waals surface area contributed by atoms with E-state index in [-0.39, 0.29) is 69.9 Å². The number of thiophene rings is 2. The van der Waals surface area contributed by atoms with Gasteiger partial charge in [0, 0.05) is 43.3 Å². The summed E-state index contributed by atoms with van der Waals surface area (Å²) in [4.78, 5) is 18.8. The minimum Gasteiger partial charge on any atom is -0.396 e. The summed E-state index contributed by atoms with van der Waals surface area (Å²) in [6.45, 7) is 10.8. The molecule has 0 aliphatic heterocycles. The zero-order chi connectivity index (χ0) is 45.9. The Kier molecular flexibility index (Phi) is 15.0. The predicted molar refractivity (Wildman–Crippen MR) is 257 cm³/mol. The van der Waals surface area contributed by atoms with Crippen LogP contribution in [0.5, 0.6) is 0 Å². The number of azo groups is 2. The molecule has 0 unspecified atom stereocenters. The third-order valence-electron chi connectivity index (χ3n) is 9.08. The lowest BCUT2D eigenvalue weighted by molar-refractivity contribution is 0.322. The van der Waals surface area contributed by atoms with E-state index < -0.39 is 28.7 Å². The molecule has 64 heavy (non-hydrogen) atoms. The summed E-state index contributed by atoms with van der Waals surface area (Å²) >= 11 is 17.3. The van der Waals surface area contributed by atoms with Gasteiger partial charge in [-0.15, -0.1) is 20.5 Å². The van der Waals surface area contributed by atoms with Gasteiger partial charge < -0.3 is 25.5 Å². The summed E-state index contributed by atoms with van der Waals surface area (Å²) in [5.41, 5.74) is 3.28. The molecular formula is C35H35Cl2N13O7S7. The number of aliphatic hydroxyl groups is 1. The fraction of sp³-hybridized carbons (Fsp3) is 0.286. The number of aromatic nitrogens is 5. The summed E-state index contributed by atoms with van der Waals surface area (Å²) in [7, 11) is -9.19. The molecule has 20 nitrogen and oxygen atoms in total. The molecule has 0 aliphatic rings. The summed E-state index contributed by atoms with van der Waals surface area (Å²) in [6, 6.07) is 11.0. The normalized spacial score (nSPS) is 12.4. The Bertz CT molecular complexity index is 2930. The van der Waals surface area contributed by atoms with Gasteiger partial charge in [-0.3, -0.25) is 9.11 Å². The molecule has 0 radical (unpaired) electrons. The second kappa shape index (κ2) is 20.1. The molecule has 5 heterocycles. The van der Waals surface area contributed by atoms with Crippen LogP contribution in [0.2, 0.25) is 10.0 Å². The van der Waals surface area contributed by atoms with Crippen molar-refractivity contribution in [3.8, 4) is 0 Å². The van der Waals surface area contributed by atoms with Crippen LogP contribution < -0.4 is 20.4 Å². The number of halogens is 2. The van der Waals surface area contributed by atoms with Gasteiger partial charge in [-0.1, -0.05) is 57.6 Å². The number of aliphatic hydroxyl groups excluding tert-OH is 1. The lowest BCUT2D eigenvalue weighted by Crippen LogP contribution is -2.21. The first-order chi connectivity index (χ1) is 30.6. The van der Waals surface area contributed by atoms with E-state index in [1.54, 1.807) is 12.1 Å². The summed E-state index contributed by atoms with van der Waals surface area (Å²) in [6.07, 6.45) is 0. The SMILES string of the molecule is CCN(CC)c1ccc(/N=N/c2snc3sc(S(=O)(=O)O)c(Cl)c23)c(Nc2nc(Nc3cc(N(CC)CC)ccc3/N=N/c3snc4sc(S(=O)(=O)O)c(Cl)c34)nc(SCCO)n2)c1. The fourth-order valence-corrected chi connectivity index (χ4v) is 13.3. The first-order valence-corrected chi connectivity index (χ1v) is 26.6. The number of nitrogens with zero attached hydrogens (tertiary/aromatic N) is 11. The Balaban J connectivity index is 1.28. The number of hydrogen-bond donors (Lipinski definition) is 5. The molecule has 0 fully saturated rings. The maximum Gasteiger partial charge on any atom is 0.305 e. The van der Waals surface area contributed by atoms with Crippen LogP contribution in [0, 0.1) is 0 Å². The maximum absolute atomic E-state index is 11.9. The van der Waals surface area contributed by atoms with Crippen LogP contribution in [0.25, 0.3) is 20.4 Å². The topological polar surface area (TPSA) is 273 Å². The highest BCUT2D eigenvalue weighted by atomic mass is 35.5. The summed E-state index contributed by atoms with van der Waals surface area (Å²) in [5, 5.41) is 34.8. The van der Waals surface area contributed by atoms with Gasteiger partial charge in [-0.25, -0.2) is 0 Å². The van der Waals surface area contributed by atoms with Crippen LogP contribution in [0.3, 0.4) is 0 Å². The van der Waals surface area contributed by atoms with Crippen molar-refractivity contribution < 1.29 is 31.0 Å². The third kappa shape index (κ3) is 10.4. The van der Waals surface area contributed by atoms with E-state index in [9.17, 15) is 31.0 Å². The Hall–Kier alpha value is -4.26. The Morgan fingerprint density at radius 1 is 0.672 bits per heavy atom. The number of fused-ring (bicyclic) bond motifs is 2. The van der Waals surface area contributed by atoms with Gasteiger partial charge >= 0.3 is 20.2 Å². The quantitative estimate of drug-likeness (QED) is 0.0286. The van der Waals surface area contributed by atoms with Crippen molar-refractivity contribution in [1.82, 2.24) is 23.7 Å². The van der Waals surface area contributed by atoms with Gasteiger partial charge in [0.25, 0.3) is 0 Å². The Morgan fingerprint density at radius 3 is 1.47 bits per heavy atom. The molecule has 0 aliphatic carbocycles. The third-order valence-corrected chi connectivity index (χ3v) is 17.7. The van der Waals surface area contributed by atoms with Crippen molar-refractivity contribution in [3.05, 3.63) is 46.4 Å². The lowest BCUT2D eigenvalue weighted by Gasteiger charge is -2.22. The van der Waals surface area contributed by atoms with Crippen molar-refractivity contribution in [1.29, 1.82) is 0 Å². The first kappa shape index (κ1) is 47.7. The summed E-state index contributed by atoms with van der Waals surface area (Å²) in [5.74, 6) is 0.474. The lowest BCUT2D eigenvalue weighted by atomic mass is 10.2. The van der Waals surface area contributed by atoms with Crippen molar-refractivity contribution in [2.45, 2.75) is 41.3 Å². The van der Waals surface area contributed by atoms with Gasteiger partial charge in [-0.2, -0.15) is 40.5 Å². The molecule has 7 aromatic rings. The van der Waals surface area contributed by atoms with E-state index >= 15 is 0 Å².